The van der Waals surface area contributed by atoms with Crippen LogP contribution in [0.3, 0.4) is 0 Å². The molecule has 1 aromatic heterocycles. The number of aromatic nitrogens is 1. The van der Waals surface area contributed by atoms with Crippen LogP contribution in [0.25, 0.3) is 0 Å². The first-order chi connectivity index (χ1) is 11.9. The smallest absolute Gasteiger partial charge is 0.239 e. The SMILES string of the molecule is CC(C)NC(=O)CNC(=O)Cc1csc(COc2ccc(Cl)cc2)n1. The summed E-state index contributed by atoms with van der Waals surface area (Å²) in [5, 5.41) is 8.53. The Kier molecular flexibility index (Phi) is 7.21. The normalized spacial score (nSPS) is 10.6. The van der Waals surface area contributed by atoms with E-state index in [-0.39, 0.29) is 30.8 Å². The Bertz CT molecular complexity index is 716. The second kappa shape index (κ2) is 9.39. The van der Waals surface area contributed by atoms with Gasteiger partial charge in [-0.1, -0.05) is 11.6 Å². The lowest BCUT2D eigenvalue weighted by Gasteiger charge is -2.08. The number of benzene rings is 1. The van der Waals surface area contributed by atoms with E-state index in [1.165, 1.54) is 11.3 Å². The predicted octanol–water partition coefficient (Wildman–Crippen LogP) is 2.56. The Balaban J connectivity index is 1.75. The molecule has 0 bridgehead atoms. The number of rotatable bonds is 8. The Hall–Kier alpha value is -2.12. The monoisotopic (exact) mass is 381 g/mol. The minimum atomic E-state index is -0.241. The summed E-state index contributed by atoms with van der Waals surface area (Å²) in [6.45, 7) is 4.02. The summed E-state index contributed by atoms with van der Waals surface area (Å²) in [5.74, 6) is 0.253. The van der Waals surface area contributed by atoms with Gasteiger partial charge in [-0.15, -0.1) is 11.3 Å². The van der Waals surface area contributed by atoms with Crippen LogP contribution in [0.2, 0.25) is 5.02 Å². The minimum Gasteiger partial charge on any atom is -0.486 e. The van der Waals surface area contributed by atoms with Crippen LogP contribution < -0.4 is 15.4 Å². The largest absolute Gasteiger partial charge is 0.486 e. The van der Waals surface area contributed by atoms with Gasteiger partial charge in [-0.25, -0.2) is 4.98 Å². The molecule has 1 heterocycles. The van der Waals surface area contributed by atoms with Crippen LogP contribution in [0, 0.1) is 0 Å². The first-order valence-corrected chi connectivity index (χ1v) is 9.06. The van der Waals surface area contributed by atoms with Crippen LogP contribution in [-0.4, -0.2) is 29.4 Å². The highest BCUT2D eigenvalue weighted by Crippen LogP contribution is 2.18. The zero-order valence-corrected chi connectivity index (χ0v) is 15.6. The summed E-state index contributed by atoms with van der Waals surface area (Å²) < 4.78 is 5.62. The fourth-order valence-corrected chi connectivity index (χ4v) is 2.78. The van der Waals surface area contributed by atoms with Crippen LogP contribution in [-0.2, 0) is 22.6 Å². The minimum absolute atomic E-state index is 0.0340. The maximum atomic E-state index is 11.9. The number of halogens is 1. The van der Waals surface area contributed by atoms with E-state index in [0.717, 1.165) is 5.01 Å². The lowest BCUT2D eigenvalue weighted by molar-refractivity contribution is -0.126. The van der Waals surface area contributed by atoms with Gasteiger partial charge in [-0.05, 0) is 38.1 Å². The summed E-state index contributed by atoms with van der Waals surface area (Å²) in [5.41, 5.74) is 0.654. The van der Waals surface area contributed by atoms with Gasteiger partial charge in [0, 0.05) is 16.4 Å². The second-order valence-corrected chi connectivity index (χ2v) is 7.03. The van der Waals surface area contributed by atoms with Gasteiger partial charge in [-0.3, -0.25) is 9.59 Å². The van der Waals surface area contributed by atoms with Gasteiger partial charge in [0.2, 0.25) is 11.8 Å². The van der Waals surface area contributed by atoms with E-state index in [4.69, 9.17) is 16.3 Å². The van der Waals surface area contributed by atoms with Crippen molar-refractivity contribution in [2.45, 2.75) is 32.9 Å². The van der Waals surface area contributed by atoms with E-state index < -0.39 is 0 Å². The number of thiazole rings is 1. The van der Waals surface area contributed by atoms with Crippen molar-refractivity contribution in [1.82, 2.24) is 15.6 Å². The first kappa shape index (κ1) is 19.2. The quantitative estimate of drug-likeness (QED) is 0.736. The zero-order valence-electron chi connectivity index (χ0n) is 14.0. The number of amides is 2. The molecule has 2 N–H and O–H groups in total. The molecule has 2 aromatic rings. The average Bonchev–Trinajstić information content (AvgIpc) is 2.99. The van der Waals surface area contributed by atoms with Crippen molar-refractivity contribution >= 4 is 34.8 Å². The highest BCUT2D eigenvalue weighted by atomic mass is 35.5. The average molecular weight is 382 g/mol. The van der Waals surface area contributed by atoms with E-state index in [2.05, 4.69) is 15.6 Å². The van der Waals surface area contributed by atoms with Crippen LogP contribution in [0.15, 0.2) is 29.6 Å². The van der Waals surface area contributed by atoms with Gasteiger partial charge in [-0.2, -0.15) is 0 Å². The molecule has 0 saturated heterocycles. The summed E-state index contributed by atoms with van der Waals surface area (Å²) in [7, 11) is 0. The van der Waals surface area contributed by atoms with Crippen molar-refractivity contribution < 1.29 is 14.3 Å². The maximum Gasteiger partial charge on any atom is 0.239 e. The topological polar surface area (TPSA) is 80.3 Å². The molecule has 0 aliphatic rings. The number of carbonyl (C=O) groups excluding carboxylic acids is 2. The van der Waals surface area contributed by atoms with Gasteiger partial charge in [0.25, 0.3) is 0 Å². The van der Waals surface area contributed by atoms with Gasteiger partial charge < -0.3 is 15.4 Å². The molecule has 0 atom stereocenters. The number of carbonyl (C=O) groups is 2. The lowest BCUT2D eigenvalue weighted by Crippen LogP contribution is -2.40. The molecule has 0 fully saturated rings. The molecular weight excluding hydrogens is 362 g/mol. The van der Waals surface area contributed by atoms with Crippen molar-refractivity contribution in [3.63, 3.8) is 0 Å². The Morgan fingerprint density at radius 1 is 1.24 bits per heavy atom. The van der Waals surface area contributed by atoms with Crippen molar-refractivity contribution in [3.8, 4) is 5.75 Å². The molecule has 134 valence electrons. The van der Waals surface area contributed by atoms with Gasteiger partial charge >= 0.3 is 0 Å². The molecule has 1 aromatic carbocycles. The van der Waals surface area contributed by atoms with Crippen LogP contribution >= 0.6 is 22.9 Å². The molecule has 0 aliphatic carbocycles. The second-order valence-electron chi connectivity index (χ2n) is 5.65. The van der Waals surface area contributed by atoms with Gasteiger partial charge in [0.15, 0.2) is 0 Å². The standard InChI is InChI=1S/C17H20ClN3O3S/c1-11(2)20-16(23)8-19-15(22)7-13-10-25-17(21-13)9-24-14-5-3-12(18)4-6-14/h3-6,10-11H,7-9H2,1-2H3,(H,19,22)(H,20,23). The Labute approximate surface area is 155 Å². The van der Waals surface area contributed by atoms with E-state index in [1.807, 2.05) is 19.2 Å². The number of ether oxygens (including phenoxy) is 1. The van der Waals surface area contributed by atoms with Crippen LogP contribution in [0.5, 0.6) is 5.75 Å². The summed E-state index contributed by atoms with van der Waals surface area (Å²) in [6.07, 6.45) is 0.131. The molecule has 2 amide bonds. The molecule has 0 aliphatic heterocycles. The molecule has 2 rings (SSSR count). The molecule has 0 spiro atoms. The predicted molar refractivity (Wildman–Crippen MR) is 97.9 cm³/mol. The molecular formula is C17H20ClN3O3S. The molecule has 0 radical (unpaired) electrons. The van der Waals surface area contributed by atoms with Gasteiger partial charge in [0.1, 0.15) is 17.4 Å². The molecule has 8 heteroatoms. The number of hydrogen-bond acceptors (Lipinski definition) is 5. The first-order valence-electron chi connectivity index (χ1n) is 7.80. The third kappa shape index (κ3) is 7.11. The van der Waals surface area contributed by atoms with Crippen molar-refractivity contribution in [2.24, 2.45) is 0 Å². The van der Waals surface area contributed by atoms with Crippen molar-refractivity contribution in [1.29, 1.82) is 0 Å². The van der Waals surface area contributed by atoms with Crippen molar-refractivity contribution in [2.75, 3.05) is 6.54 Å². The van der Waals surface area contributed by atoms with E-state index in [9.17, 15) is 9.59 Å². The molecule has 6 nitrogen and oxygen atoms in total. The van der Waals surface area contributed by atoms with E-state index >= 15 is 0 Å². The highest BCUT2D eigenvalue weighted by Gasteiger charge is 2.10. The molecule has 0 saturated carbocycles. The van der Waals surface area contributed by atoms with Crippen LogP contribution in [0.4, 0.5) is 0 Å². The molecule has 0 unspecified atom stereocenters. The fourth-order valence-electron chi connectivity index (χ4n) is 1.95. The Morgan fingerprint density at radius 2 is 1.96 bits per heavy atom. The summed E-state index contributed by atoms with van der Waals surface area (Å²) in [4.78, 5) is 27.7. The maximum absolute atomic E-state index is 11.9. The Morgan fingerprint density at radius 3 is 2.64 bits per heavy atom. The zero-order chi connectivity index (χ0) is 18.2. The number of nitrogens with one attached hydrogen (secondary N) is 2. The number of nitrogens with zero attached hydrogens (tertiary/aromatic N) is 1. The summed E-state index contributed by atoms with van der Waals surface area (Å²) in [6, 6.07) is 7.12. The molecule has 25 heavy (non-hydrogen) atoms. The van der Waals surface area contributed by atoms with E-state index in [0.29, 0.717) is 23.1 Å². The van der Waals surface area contributed by atoms with E-state index in [1.54, 1.807) is 24.3 Å². The van der Waals surface area contributed by atoms with Crippen LogP contribution in [0.1, 0.15) is 24.5 Å². The third-order valence-corrected chi connectivity index (χ3v) is 4.14. The third-order valence-electron chi connectivity index (χ3n) is 3.01. The van der Waals surface area contributed by atoms with Gasteiger partial charge in [0.05, 0.1) is 18.7 Å². The fraction of sp³-hybridized carbons (Fsp3) is 0.353. The van der Waals surface area contributed by atoms with Crippen molar-refractivity contribution in [3.05, 3.63) is 45.4 Å². The highest BCUT2D eigenvalue weighted by molar-refractivity contribution is 7.09. The lowest BCUT2D eigenvalue weighted by atomic mass is 10.3. The summed E-state index contributed by atoms with van der Waals surface area (Å²) >= 11 is 7.25. The number of hydrogen-bond donors (Lipinski definition) is 2.